The second-order valence-electron chi connectivity index (χ2n) is 5.71. The van der Waals surface area contributed by atoms with E-state index in [9.17, 15) is 4.79 Å². The van der Waals surface area contributed by atoms with Gasteiger partial charge < -0.3 is 9.26 Å². The van der Waals surface area contributed by atoms with Crippen LogP contribution in [0.5, 0.6) is 0 Å². The van der Waals surface area contributed by atoms with Gasteiger partial charge in [-0.3, -0.25) is 10.1 Å². The van der Waals surface area contributed by atoms with E-state index in [4.69, 9.17) is 9.26 Å². The molecule has 5 nitrogen and oxygen atoms in total. The van der Waals surface area contributed by atoms with E-state index in [1.807, 2.05) is 24.3 Å². The summed E-state index contributed by atoms with van der Waals surface area (Å²) in [6.45, 7) is 2.57. The molecule has 1 heterocycles. The summed E-state index contributed by atoms with van der Waals surface area (Å²) in [4.78, 5) is 12.4. The van der Waals surface area contributed by atoms with Gasteiger partial charge in [-0.2, -0.15) is 0 Å². The van der Waals surface area contributed by atoms with Gasteiger partial charge in [-0.25, -0.2) is 0 Å². The number of carbonyl (C=O) groups is 1. The van der Waals surface area contributed by atoms with E-state index in [1.54, 1.807) is 25.3 Å². The number of aryl methyl sites for hydroxylation is 1. The normalized spacial score (nSPS) is 10.6. The lowest BCUT2D eigenvalue weighted by Crippen LogP contribution is -2.11. The van der Waals surface area contributed by atoms with Gasteiger partial charge in [0.05, 0.1) is 6.61 Å². The minimum Gasteiger partial charge on any atom is -0.380 e. The first-order valence-electron chi connectivity index (χ1n) is 8.15. The molecule has 1 aromatic heterocycles. The van der Waals surface area contributed by atoms with Crippen molar-refractivity contribution in [3.8, 4) is 11.3 Å². The molecule has 0 saturated heterocycles. The van der Waals surface area contributed by atoms with E-state index in [-0.39, 0.29) is 5.91 Å². The highest BCUT2D eigenvalue weighted by molar-refractivity contribution is 6.03. The van der Waals surface area contributed by atoms with Crippen LogP contribution in [-0.4, -0.2) is 18.2 Å². The molecule has 0 spiro atoms. The second-order valence-corrected chi connectivity index (χ2v) is 5.71. The minimum absolute atomic E-state index is 0.248. The van der Waals surface area contributed by atoms with Crippen LogP contribution >= 0.6 is 0 Å². The number of benzene rings is 2. The highest BCUT2D eigenvalue weighted by Crippen LogP contribution is 2.22. The molecule has 0 aliphatic rings. The highest BCUT2D eigenvalue weighted by atomic mass is 16.5. The molecule has 0 unspecified atom stereocenters. The predicted molar refractivity (Wildman–Crippen MR) is 96.4 cm³/mol. The van der Waals surface area contributed by atoms with Gasteiger partial charge >= 0.3 is 0 Å². The maximum absolute atomic E-state index is 12.4. The predicted octanol–water partition coefficient (Wildman–Crippen LogP) is 4.30. The first kappa shape index (κ1) is 16.9. The lowest BCUT2D eigenvalue weighted by molar-refractivity contribution is 0.102. The Kier molecular flexibility index (Phi) is 5.26. The van der Waals surface area contributed by atoms with Crippen LogP contribution in [0.4, 0.5) is 5.88 Å². The summed E-state index contributed by atoms with van der Waals surface area (Å²) in [5.74, 6) is 0.0682. The zero-order valence-corrected chi connectivity index (χ0v) is 14.3. The molecule has 0 saturated carbocycles. The zero-order chi connectivity index (χ0) is 17.6. The minimum atomic E-state index is -0.248. The van der Waals surface area contributed by atoms with Crippen molar-refractivity contribution in [1.29, 1.82) is 0 Å². The molecule has 0 radical (unpaired) electrons. The first-order valence-corrected chi connectivity index (χ1v) is 8.15. The van der Waals surface area contributed by atoms with Crippen molar-refractivity contribution in [2.24, 2.45) is 0 Å². The molecule has 3 aromatic rings. The van der Waals surface area contributed by atoms with E-state index < -0.39 is 0 Å². The number of ether oxygens (including phenoxy) is 1. The number of aromatic nitrogens is 1. The number of methoxy groups -OCH3 is 1. The first-order chi connectivity index (χ1) is 12.2. The fourth-order valence-electron chi connectivity index (χ4n) is 2.53. The van der Waals surface area contributed by atoms with E-state index in [1.165, 1.54) is 5.56 Å². The monoisotopic (exact) mass is 336 g/mol. The van der Waals surface area contributed by atoms with Crippen LogP contribution in [0.15, 0.2) is 59.1 Å². The van der Waals surface area contributed by atoms with Crippen LogP contribution in [-0.2, 0) is 17.8 Å². The molecule has 128 valence electrons. The van der Waals surface area contributed by atoms with Gasteiger partial charge in [-0.1, -0.05) is 48.5 Å². The number of rotatable bonds is 6. The number of hydrogen-bond donors (Lipinski definition) is 1. The Morgan fingerprint density at radius 2 is 1.92 bits per heavy atom. The third kappa shape index (κ3) is 4.14. The average molecular weight is 336 g/mol. The SMILES string of the molecule is CCc1ccc(-c2cc(NC(=O)c3cccc(COC)c3)on2)cc1. The standard InChI is InChI=1S/C20H20N2O3/c1-3-14-7-9-16(10-8-14)18-12-19(25-22-18)21-20(23)17-6-4-5-15(11-17)13-24-2/h4-12H,3,13H2,1-2H3,(H,21,23). The fraction of sp³-hybridized carbons (Fsp3) is 0.200. The lowest BCUT2D eigenvalue weighted by atomic mass is 10.1. The summed E-state index contributed by atoms with van der Waals surface area (Å²) < 4.78 is 10.3. The second kappa shape index (κ2) is 7.77. The fourth-order valence-corrected chi connectivity index (χ4v) is 2.53. The number of anilines is 1. The molecule has 3 rings (SSSR count). The molecule has 2 aromatic carbocycles. The van der Waals surface area contributed by atoms with Crippen LogP contribution in [0.25, 0.3) is 11.3 Å². The Labute approximate surface area is 146 Å². The molecule has 1 amide bonds. The van der Waals surface area contributed by atoms with Crippen molar-refractivity contribution in [1.82, 2.24) is 5.16 Å². The van der Waals surface area contributed by atoms with Crippen molar-refractivity contribution in [3.05, 3.63) is 71.3 Å². The number of amides is 1. The molecule has 0 bridgehead atoms. The van der Waals surface area contributed by atoms with Crippen LogP contribution < -0.4 is 5.32 Å². The third-order valence-corrected chi connectivity index (χ3v) is 3.91. The topological polar surface area (TPSA) is 64.4 Å². The molecule has 25 heavy (non-hydrogen) atoms. The van der Waals surface area contributed by atoms with Crippen molar-refractivity contribution >= 4 is 11.8 Å². The molecule has 0 aliphatic carbocycles. The number of nitrogens with zero attached hydrogens (tertiary/aromatic N) is 1. The number of hydrogen-bond acceptors (Lipinski definition) is 4. The molecule has 1 N–H and O–H groups in total. The molecule has 0 aliphatic heterocycles. The molecule has 5 heteroatoms. The molecular weight excluding hydrogens is 316 g/mol. The van der Waals surface area contributed by atoms with E-state index in [0.717, 1.165) is 17.5 Å². The number of carbonyl (C=O) groups excluding carboxylic acids is 1. The van der Waals surface area contributed by atoms with Crippen molar-refractivity contribution in [3.63, 3.8) is 0 Å². The third-order valence-electron chi connectivity index (χ3n) is 3.91. The summed E-state index contributed by atoms with van der Waals surface area (Å²) in [5, 5.41) is 6.76. The van der Waals surface area contributed by atoms with E-state index in [0.29, 0.717) is 23.7 Å². The molecule has 0 atom stereocenters. The summed E-state index contributed by atoms with van der Waals surface area (Å²) in [5.41, 5.74) is 4.37. The Morgan fingerprint density at radius 3 is 2.64 bits per heavy atom. The quantitative estimate of drug-likeness (QED) is 0.729. The van der Waals surface area contributed by atoms with Gasteiger partial charge in [0.1, 0.15) is 5.69 Å². The van der Waals surface area contributed by atoms with Crippen LogP contribution in [0, 0.1) is 0 Å². The maximum atomic E-state index is 12.4. The average Bonchev–Trinajstić information content (AvgIpc) is 3.11. The molecule has 0 fully saturated rings. The summed E-state index contributed by atoms with van der Waals surface area (Å²) in [6, 6.07) is 17.1. The van der Waals surface area contributed by atoms with E-state index >= 15 is 0 Å². The highest BCUT2D eigenvalue weighted by Gasteiger charge is 2.12. The zero-order valence-electron chi connectivity index (χ0n) is 14.3. The Balaban J connectivity index is 1.72. The summed E-state index contributed by atoms with van der Waals surface area (Å²) >= 11 is 0. The van der Waals surface area contributed by atoms with Gasteiger partial charge in [0, 0.05) is 24.3 Å². The Morgan fingerprint density at radius 1 is 1.12 bits per heavy atom. The van der Waals surface area contributed by atoms with Crippen LogP contribution in [0.1, 0.15) is 28.4 Å². The lowest BCUT2D eigenvalue weighted by Gasteiger charge is -2.04. The maximum Gasteiger partial charge on any atom is 0.258 e. The summed E-state index contributed by atoms with van der Waals surface area (Å²) in [6.07, 6.45) is 0.989. The van der Waals surface area contributed by atoms with Gasteiger partial charge in [0.2, 0.25) is 5.88 Å². The smallest absolute Gasteiger partial charge is 0.258 e. The number of nitrogens with one attached hydrogen (secondary N) is 1. The molecular formula is C20H20N2O3. The van der Waals surface area contributed by atoms with Gasteiger partial charge in [0.25, 0.3) is 5.91 Å². The summed E-state index contributed by atoms with van der Waals surface area (Å²) in [7, 11) is 1.62. The van der Waals surface area contributed by atoms with Gasteiger partial charge in [-0.05, 0) is 29.7 Å². The van der Waals surface area contributed by atoms with E-state index in [2.05, 4.69) is 29.5 Å². The van der Waals surface area contributed by atoms with Crippen molar-refractivity contribution in [2.75, 3.05) is 12.4 Å². The van der Waals surface area contributed by atoms with Crippen molar-refractivity contribution < 1.29 is 14.1 Å². The van der Waals surface area contributed by atoms with Crippen LogP contribution in [0.3, 0.4) is 0 Å². The van der Waals surface area contributed by atoms with Gasteiger partial charge in [-0.15, -0.1) is 0 Å². The Bertz CT molecular complexity index is 853. The van der Waals surface area contributed by atoms with Crippen LogP contribution in [0.2, 0.25) is 0 Å². The van der Waals surface area contributed by atoms with Gasteiger partial charge in [0.15, 0.2) is 0 Å². The largest absolute Gasteiger partial charge is 0.380 e. The Hall–Kier alpha value is -2.92. The van der Waals surface area contributed by atoms with Crippen molar-refractivity contribution in [2.45, 2.75) is 20.0 Å².